The minimum atomic E-state index is -3.95. The number of carbonyl (C=O) groups is 1. The van der Waals surface area contributed by atoms with Gasteiger partial charge in [0.05, 0.1) is 28.7 Å². The lowest BCUT2D eigenvalue weighted by molar-refractivity contribution is 0.0506. The molecule has 0 saturated heterocycles. The number of anilines is 2. The molecule has 2 N–H and O–H groups in total. The molecule has 0 aliphatic carbocycles. The maximum atomic E-state index is 13.6. The van der Waals surface area contributed by atoms with Crippen LogP contribution in [0.4, 0.5) is 11.4 Å². The van der Waals surface area contributed by atoms with Gasteiger partial charge < -0.3 is 14.5 Å². The fourth-order valence-corrected chi connectivity index (χ4v) is 5.92. The molecule has 1 unspecified atom stereocenters. The summed E-state index contributed by atoms with van der Waals surface area (Å²) in [5.41, 5.74) is 4.48. The predicted octanol–water partition coefficient (Wildman–Crippen LogP) is 7.33. The molecule has 1 atom stereocenters. The van der Waals surface area contributed by atoms with Crippen molar-refractivity contribution in [1.82, 2.24) is 0 Å². The van der Waals surface area contributed by atoms with Gasteiger partial charge in [0, 0.05) is 18.1 Å². The van der Waals surface area contributed by atoms with Crippen molar-refractivity contribution in [2.45, 2.75) is 31.1 Å². The van der Waals surface area contributed by atoms with Gasteiger partial charge in [-0.1, -0.05) is 73.2 Å². The number of hydrogen-bond acceptors (Lipinski definition) is 6. The highest BCUT2D eigenvalue weighted by molar-refractivity contribution is 7.92. The first kappa shape index (κ1) is 28.0. The summed E-state index contributed by atoms with van der Waals surface area (Å²) in [6.07, 6.45) is 0.705. The van der Waals surface area contributed by atoms with Crippen LogP contribution in [0, 0.1) is 6.92 Å². The average Bonchev–Trinajstić information content (AvgIpc) is 3.33. The van der Waals surface area contributed by atoms with Gasteiger partial charge in [0.15, 0.2) is 0 Å². The molecule has 0 bridgehead atoms. The van der Waals surface area contributed by atoms with E-state index in [1.165, 1.54) is 0 Å². The van der Waals surface area contributed by atoms with E-state index in [-0.39, 0.29) is 4.90 Å². The number of aryl methyl sites for hydroxylation is 1. The number of fused-ring (bicyclic) bond motifs is 1. The molecule has 41 heavy (non-hydrogen) atoms. The van der Waals surface area contributed by atoms with Crippen LogP contribution >= 0.6 is 0 Å². The van der Waals surface area contributed by atoms with Crippen molar-refractivity contribution < 1.29 is 22.4 Å². The Morgan fingerprint density at radius 1 is 0.902 bits per heavy atom. The highest BCUT2D eigenvalue weighted by Crippen LogP contribution is 2.43. The number of rotatable bonds is 10. The van der Waals surface area contributed by atoms with Gasteiger partial charge in [-0.3, -0.25) is 4.72 Å². The third-order valence-electron chi connectivity index (χ3n) is 6.89. The molecular weight excluding hydrogens is 536 g/mol. The summed E-state index contributed by atoms with van der Waals surface area (Å²) in [6.45, 7) is 4.15. The molecule has 0 aliphatic rings. The summed E-state index contributed by atoms with van der Waals surface area (Å²) in [6, 6.07) is 29.2. The second kappa shape index (κ2) is 11.9. The van der Waals surface area contributed by atoms with Crippen molar-refractivity contribution in [3.05, 3.63) is 125 Å². The number of furan rings is 1. The van der Waals surface area contributed by atoms with Crippen molar-refractivity contribution in [1.29, 1.82) is 0 Å². The third-order valence-corrected chi connectivity index (χ3v) is 8.25. The van der Waals surface area contributed by atoms with Gasteiger partial charge in [0.25, 0.3) is 10.0 Å². The van der Waals surface area contributed by atoms with Crippen molar-refractivity contribution >= 4 is 38.3 Å². The van der Waals surface area contributed by atoms with E-state index in [9.17, 15) is 13.2 Å². The quantitative estimate of drug-likeness (QED) is 0.171. The van der Waals surface area contributed by atoms with Crippen LogP contribution in [0.15, 0.2) is 106 Å². The van der Waals surface area contributed by atoms with E-state index in [4.69, 9.17) is 9.15 Å². The van der Waals surface area contributed by atoms with Crippen molar-refractivity contribution in [2.75, 3.05) is 23.7 Å². The van der Waals surface area contributed by atoms with E-state index >= 15 is 0 Å². The van der Waals surface area contributed by atoms with Gasteiger partial charge in [-0.25, -0.2) is 13.2 Å². The van der Waals surface area contributed by atoms with Crippen molar-refractivity contribution in [2.24, 2.45) is 0 Å². The van der Waals surface area contributed by atoms with E-state index in [0.717, 1.165) is 16.7 Å². The molecule has 8 heteroatoms. The van der Waals surface area contributed by atoms with E-state index in [1.54, 1.807) is 37.4 Å². The number of hydrogen-bond donors (Lipinski definition) is 2. The fourth-order valence-electron chi connectivity index (χ4n) is 4.83. The molecule has 0 aliphatic heterocycles. The lowest BCUT2D eigenvalue weighted by atomic mass is 9.87. The van der Waals surface area contributed by atoms with Crippen LogP contribution in [0.25, 0.3) is 11.0 Å². The molecule has 0 spiro atoms. The molecule has 0 radical (unpaired) electrons. The Balaban J connectivity index is 1.71. The first-order valence-electron chi connectivity index (χ1n) is 13.5. The maximum Gasteiger partial charge on any atom is 0.340 e. The Bertz CT molecular complexity index is 1780. The standard InChI is InChI=1S/C33H32N2O5S/c1-4-20-39-33(36)27-21-24(16-19-28(27)34-3)30(23-10-6-5-7-11-23)32-31(26-12-8-9-13-29(26)40-32)35-41(37,38)25-17-14-22(2)15-18-25/h5-19,21,30,34-35H,4,20H2,1-3H3. The first-order chi connectivity index (χ1) is 19.8. The van der Waals surface area contributed by atoms with E-state index in [1.807, 2.05) is 80.6 Å². The van der Waals surface area contributed by atoms with Crippen LogP contribution in [0.3, 0.4) is 0 Å². The molecule has 1 aromatic heterocycles. The Morgan fingerprint density at radius 3 is 2.32 bits per heavy atom. The zero-order chi connectivity index (χ0) is 29.0. The second-order valence-corrected chi connectivity index (χ2v) is 11.5. The Kier molecular flexibility index (Phi) is 8.12. The molecule has 0 fully saturated rings. The molecule has 7 nitrogen and oxygen atoms in total. The zero-order valence-corrected chi connectivity index (χ0v) is 24.0. The Morgan fingerprint density at radius 2 is 1.61 bits per heavy atom. The molecule has 1 heterocycles. The van der Waals surface area contributed by atoms with Gasteiger partial charge in [-0.2, -0.15) is 0 Å². The van der Waals surface area contributed by atoms with Crippen LogP contribution in [-0.2, 0) is 14.8 Å². The number of sulfonamides is 1. The number of esters is 1. The summed E-state index contributed by atoms with van der Waals surface area (Å²) >= 11 is 0. The van der Waals surface area contributed by atoms with E-state index in [2.05, 4.69) is 10.0 Å². The summed E-state index contributed by atoms with van der Waals surface area (Å²) in [7, 11) is -2.20. The third kappa shape index (κ3) is 5.83. The van der Waals surface area contributed by atoms with Crippen molar-refractivity contribution in [3.63, 3.8) is 0 Å². The highest BCUT2D eigenvalue weighted by atomic mass is 32.2. The number of para-hydroxylation sites is 1. The number of carbonyl (C=O) groups excluding carboxylic acids is 1. The summed E-state index contributed by atoms with van der Waals surface area (Å²) in [5, 5.41) is 3.70. The summed E-state index contributed by atoms with van der Waals surface area (Å²) in [5.74, 6) is -0.559. The second-order valence-electron chi connectivity index (χ2n) is 9.79. The lowest BCUT2D eigenvalue weighted by Crippen LogP contribution is -2.15. The van der Waals surface area contributed by atoms with Gasteiger partial charge in [0.2, 0.25) is 0 Å². The van der Waals surface area contributed by atoms with Gasteiger partial charge >= 0.3 is 5.97 Å². The van der Waals surface area contributed by atoms with Crippen molar-refractivity contribution in [3.8, 4) is 0 Å². The van der Waals surface area contributed by atoms with Crippen LogP contribution in [-0.4, -0.2) is 28.0 Å². The summed E-state index contributed by atoms with van der Waals surface area (Å²) < 4.78 is 41.9. The molecule has 5 rings (SSSR count). The van der Waals surface area contributed by atoms with Crippen LogP contribution in [0.5, 0.6) is 0 Å². The molecule has 0 saturated carbocycles. The van der Waals surface area contributed by atoms with Gasteiger partial charge in [-0.05, 0) is 60.9 Å². The maximum absolute atomic E-state index is 13.6. The lowest BCUT2D eigenvalue weighted by Gasteiger charge is -2.20. The largest absolute Gasteiger partial charge is 0.462 e. The Labute approximate surface area is 240 Å². The van der Waals surface area contributed by atoms with Crippen LogP contribution < -0.4 is 10.0 Å². The minimum absolute atomic E-state index is 0.148. The number of benzene rings is 4. The van der Waals surface area contributed by atoms with Gasteiger partial charge in [0.1, 0.15) is 11.3 Å². The smallest absolute Gasteiger partial charge is 0.340 e. The van der Waals surface area contributed by atoms with Crippen LogP contribution in [0.1, 0.15) is 52.1 Å². The Hall–Kier alpha value is -4.56. The number of ether oxygens (including phenoxy) is 1. The molecule has 4 aromatic carbocycles. The van der Waals surface area contributed by atoms with E-state index in [0.29, 0.717) is 46.7 Å². The van der Waals surface area contributed by atoms with Crippen LogP contribution in [0.2, 0.25) is 0 Å². The fraction of sp³-hybridized carbons (Fsp3) is 0.182. The zero-order valence-electron chi connectivity index (χ0n) is 23.2. The normalized spacial score (nSPS) is 12.2. The summed E-state index contributed by atoms with van der Waals surface area (Å²) in [4.78, 5) is 13.2. The highest BCUT2D eigenvalue weighted by Gasteiger charge is 2.30. The van der Waals surface area contributed by atoms with Gasteiger partial charge in [-0.15, -0.1) is 0 Å². The molecular formula is C33H32N2O5S. The topological polar surface area (TPSA) is 97.6 Å². The SMILES string of the molecule is CCCOC(=O)c1cc(C(c2ccccc2)c2oc3ccccc3c2NS(=O)(=O)c2ccc(C)cc2)ccc1NC. The molecule has 5 aromatic rings. The monoisotopic (exact) mass is 568 g/mol. The average molecular weight is 569 g/mol. The molecule has 0 amide bonds. The predicted molar refractivity (Wildman–Crippen MR) is 162 cm³/mol. The number of nitrogens with one attached hydrogen (secondary N) is 2. The van der Waals surface area contributed by atoms with E-state index < -0.39 is 21.9 Å². The first-order valence-corrected chi connectivity index (χ1v) is 15.0. The molecule has 210 valence electrons. The minimum Gasteiger partial charge on any atom is -0.462 e.